The number of fused-ring (bicyclic) bond motifs is 2. The van der Waals surface area contributed by atoms with Crippen LogP contribution in [0.5, 0.6) is 5.75 Å². The van der Waals surface area contributed by atoms with Gasteiger partial charge in [-0.1, -0.05) is 12.1 Å². The molecule has 3 rings (SSSR count). The molecule has 1 N–H and O–H groups in total. The fraction of sp³-hybridized carbons (Fsp3) is 0.588. The number of ether oxygens (including phenoxy) is 1. The maximum absolute atomic E-state index is 12.5. The largest absolute Gasteiger partial charge is 0.494 e. The minimum absolute atomic E-state index is 0. The zero-order valence-electron chi connectivity index (χ0n) is 13.1. The number of amides is 1. The van der Waals surface area contributed by atoms with Gasteiger partial charge in [0, 0.05) is 25.2 Å². The lowest BCUT2D eigenvalue weighted by Crippen LogP contribution is -2.39. The lowest BCUT2D eigenvalue weighted by Gasteiger charge is -2.24. The zero-order chi connectivity index (χ0) is 14.7. The standard InChI is InChI=1S/C17H24N2O2.ClH/c1-2-21-16-7-3-13(4-8-16)11-17(20)19-10-9-14-5-6-15(12-19)18-14;/h3-4,7-8,14-15,18H,2,5-6,9-12H2,1H3;1H. The number of hydrogen-bond acceptors (Lipinski definition) is 3. The Morgan fingerprint density at radius 3 is 2.68 bits per heavy atom. The van der Waals surface area contributed by atoms with Crippen molar-refractivity contribution in [3.63, 3.8) is 0 Å². The van der Waals surface area contributed by atoms with Crippen molar-refractivity contribution in [3.05, 3.63) is 29.8 Å². The van der Waals surface area contributed by atoms with E-state index in [2.05, 4.69) is 5.32 Å². The molecule has 2 unspecified atom stereocenters. The summed E-state index contributed by atoms with van der Waals surface area (Å²) in [6.07, 6.45) is 4.05. The first-order valence-corrected chi connectivity index (χ1v) is 8.00. The number of rotatable bonds is 4. The molecule has 2 aliphatic rings. The van der Waals surface area contributed by atoms with Gasteiger partial charge in [-0.25, -0.2) is 0 Å². The van der Waals surface area contributed by atoms with E-state index in [0.717, 1.165) is 30.8 Å². The number of hydrogen-bond donors (Lipinski definition) is 1. The fourth-order valence-corrected chi connectivity index (χ4v) is 3.33. The van der Waals surface area contributed by atoms with Gasteiger partial charge >= 0.3 is 0 Å². The molecule has 0 aromatic heterocycles. The SMILES string of the molecule is CCOc1ccc(CC(=O)N2CCC3CCC(C2)N3)cc1.Cl. The molecule has 0 radical (unpaired) electrons. The van der Waals surface area contributed by atoms with E-state index in [1.54, 1.807) is 0 Å². The predicted octanol–water partition coefficient (Wildman–Crippen LogP) is 2.40. The van der Waals surface area contributed by atoms with Crippen LogP contribution in [0, 0.1) is 0 Å². The lowest BCUT2D eigenvalue weighted by atomic mass is 10.1. The highest BCUT2D eigenvalue weighted by Gasteiger charge is 2.30. The Balaban J connectivity index is 0.00000176. The highest BCUT2D eigenvalue weighted by Crippen LogP contribution is 2.21. The van der Waals surface area contributed by atoms with Crippen molar-refractivity contribution >= 4 is 18.3 Å². The molecule has 0 saturated carbocycles. The molecule has 2 fully saturated rings. The fourth-order valence-electron chi connectivity index (χ4n) is 3.33. The minimum atomic E-state index is 0. The van der Waals surface area contributed by atoms with Crippen LogP contribution in [0.25, 0.3) is 0 Å². The molecule has 1 amide bonds. The van der Waals surface area contributed by atoms with E-state index in [-0.39, 0.29) is 18.3 Å². The monoisotopic (exact) mass is 324 g/mol. The van der Waals surface area contributed by atoms with Gasteiger partial charge in [-0.05, 0) is 43.9 Å². The van der Waals surface area contributed by atoms with E-state index in [4.69, 9.17) is 4.74 Å². The Morgan fingerprint density at radius 1 is 1.23 bits per heavy atom. The van der Waals surface area contributed by atoms with Crippen LogP contribution < -0.4 is 10.1 Å². The maximum atomic E-state index is 12.5. The highest BCUT2D eigenvalue weighted by atomic mass is 35.5. The summed E-state index contributed by atoms with van der Waals surface area (Å²) in [6, 6.07) is 8.99. The topological polar surface area (TPSA) is 41.6 Å². The van der Waals surface area contributed by atoms with Crippen LogP contribution in [0.15, 0.2) is 24.3 Å². The molecule has 122 valence electrons. The van der Waals surface area contributed by atoms with E-state index in [1.807, 2.05) is 36.1 Å². The zero-order valence-corrected chi connectivity index (χ0v) is 13.9. The van der Waals surface area contributed by atoms with Crippen LogP contribution in [-0.4, -0.2) is 42.6 Å². The molecule has 0 spiro atoms. The summed E-state index contributed by atoms with van der Waals surface area (Å²) in [6.45, 7) is 4.40. The summed E-state index contributed by atoms with van der Waals surface area (Å²) in [5.74, 6) is 1.11. The number of nitrogens with zero attached hydrogens (tertiary/aromatic N) is 1. The van der Waals surface area contributed by atoms with Crippen LogP contribution in [-0.2, 0) is 11.2 Å². The molecular formula is C17H25ClN2O2. The lowest BCUT2D eigenvalue weighted by molar-refractivity contribution is -0.130. The Labute approximate surface area is 138 Å². The van der Waals surface area contributed by atoms with E-state index < -0.39 is 0 Å². The highest BCUT2D eigenvalue weighted by molar-refractivity contribution is 5.85. The van der Waals surface area contributed by atoms with Crippen molar-refractivity contribution in [1.29, 1.82) is 0 Å². The van der Waals surface area contributed by atoms with E-state index >= 15 is 0 Å². The smallest absolute Gasteiger partial charge is 0.227 e. The second kappa shape index (κ2) is 7.84. The van der Waals surface area contributed by atoms with E-state index in [0.29, 0.717) is 25.1 Å². The van der Waals surface area contributed by atoms with Crippen molar-refractivity contribution in [2.24, 2.45) is 0 Å². The van der Waals surface area contributed by atoms with Gasteiger partial charge in [0.25, 0.3) is 0 Å². The molecule has 2 atom stereocenters. The summed E-state index contributed by atoms with van der Waals surface area (Å²) in [5, 5.41) is 3.61. The molecule has 0 aliphatic carbocycles. The van der Waals surface area contributed by atoms with E-state index in [1.165, 1.54) is 12.8 Å². The molecule has 2 bridgehead atoms. The molecule has 4 nitrogen and oxygen atoms in total. The van der Waals surface area contributed by atoms with Gasteiger partial charge in [-0.15, -0.1) is 12.4 Å². The minimum Gasteiger partial charge on any atom is -0.494 e. The number of benzene rings is 1. The summed E-state index contributed by atoms with van der Waals surface area (Å²) >= 11 is 0. The van der Waals surface area contributed by atoms with Crippen LogP contribution in [0.2, 0.25) is 0 Å². The predicted molar refractivity (Wildman–Crippen MR) is 89.7 cm³/mol. The van der Waals surface area contributed by atoms with Gasteiger partial charge in [-0.2, -0.15) is 0 Å². The second-order valence-corrected chi connectivity index (χ2v) is 6.02. The van der Waals surface area contributed by atoms with Crippen LogP contribution in [0.4, 0.5) is 0 Å². The third-order valence-corrected chi connectivity index (χ3v) is 4.47. The first kappa shape index (κ1) is 17.1. The van der Waals surface area contributed by atoms with Gasteiger partial charge in [0.15, 0.2) is 0 Å². The van der Waals surface area contributed by atoms with Crippen LogP contribution in [0.1, 0.15) is 31.7 Å². The quantitative estimate of drug-likeness (QED) is 0.924. The van der Waals surface area contributed by atoms with Crippen molar-refractivity contribution in [2.45, 2.75) is 44.7 Å². The molecular weight excluding hydrogens is 300 g/mol. The average molecular weight is 325 g/mol. The summed E-state index contributed by atoms with van der Waals surface area (Å²) in [7, 11) is 0. The first-order valence-electron chi connectivity index (χ1n) is 8.00. The molecule has 2 saturated heterocycles. The average Bonchev–Trinajstić information content (AvgIpc) is 2.80. The molecule has 22 heavy (non-hydrogen) atoms. The van der Waals surface area contributed by atoms with Gasteiger partial charge in [0.1, 0.15) is 5.75 Å². The van der Waals surface area contributed by atoms with Gasteiger partial charge in [-0.3, -0.25) is 4.79 Å². The summed E-state index contributed by atoms with van der Waals surface area (Å²) in [5.41, 5.74) is 1.06. The van der Waals surface area contributed by atoms with Gasteiger partial charge in [0.05, 0.1) is 13.0 Å². The number of halogens is 1. The number of carbonyl (C=O) groups excluding carboxylic acids is 1. The Morgan fingerprint density at radius 2 is 1.95 bits per heavy atom. The number of carbonyl (C=O) groups is 1. The summed E-state index contributed by atoms with van der Waals surface area (Å²) in [4.78, 5) is 14.5. The van der Waals surface area contributed by atoms with Crippen molar-refractivity contribution in [2.75, 3.05) is 19.7 Å². The maximum Gasteiger partial charge on any atom is 0.227 e. The van der Waals surface area contributed by atoms with Crippen molar-refractivity contribution in [1.82, 2.24) is 10.2 Å². The Kier molecular flexibility index (Phi) is 6.09. The molecule has 1 aromatic carbocycles. The molecule has 5 heteroatoms. The van der Waals surface area contributed by atoms with Crippen LogP contribution >= 0.6 is 12.4 Å². The number of nitrogens with one attached hydrogen (secondary N) is 1. The molecule has 2 heterocycles. The van der Waals surface area contributed by atoms with Crippen LogP contribution in [0.3, 0.4) is 0 Å². The first-order chi connectivity index (χ1) is 10.2. The summed E-state index contributed by atoms with van der Waals surface area (Å²) < 4.78 is 5.43. The van der Waals surface area contributed by atoms with Crippen molar-refractivity contribution < 1.29 is 9.53 Å². The van der Waals surface area contributed by atoms with Gasteiger partial charge < -0.3 is 15.0 Å². The molecule has 1 aromatic rings. The second-order valence-electron chi connectivity index (χ2n) is 6.02. The third-order valence-electron chi connectivity index (χ3n) is 4.47. The van der Waals surface area contributed by atoms with Crippen molar-refractivity contribution in [3.8, 4) is 5.75 Å². The normalized spacial score (nSPS) is 23.6. The molecule has 2 aliphatic heterocycles. The third kappa shape index (κ3) is 4.14. The number of likely N-dealkylation sites (tertiary alicyclic amines) is 1. The van der Waals surface area contributed by atoms with E-state index in [9.17, 15) is 4.79 Å². The Bertz CT molecular complexity index is 492. The van der Waals surface area contributed by atoms with Gasteiger partial charge in [0.2, 0.25) is 5.91 Å². The Hall–Kier alpha value is -1.26.